The average Bonchev–Trinajstić information content (AvgIpc) is 2.92. The predicted octanol–water partition coefficient (Wildman–Crippen LogP) is 0.959. The predicted molar refractivity (Wildman–Crippen MR) is 61.9 cm³/mol. The maximum Gasteiger partial charge on any atom is 0.292 e. The fourth-order valence-electron chi connectivity index (χ4n) is 1.26. The molecular formula is C11H9N5O2. The fourth-order valence-corrected chi connectivity index (χ4v) is 1.26. The van der Waals surface area contributed by atoms with Crippen molar-refractivity contribution in [3.05, 3.63) is 36.4 Å². The van der Waals surface area contributed by atoms with Crippen molar-refractivity contribution in [3.8, 4) is 11.8 Å². The molecule has 0 bridgehead atoms. The summed E-state index contributed by atoms with van der Waals surface area (Å²) in [7, 11) is 0. The number of hydrogen-bond donors (Lipinski definition) is 2. The first kappa shape index (κ1) is 11.6. The maximum atomic E-state index is 11.6. The van der Waals surface area contributed by atoms with E-state index in [9.17, 15) is 4.79 Å². The number of hydrogen-bond acceptors (Lipinski definition) is 5. The second-order valence-corrected chi connectivity index (χ2v) is 3.26. The Bertz CT molecular complexity index is 556. The van der Waals surface area contributed by atoms with Gasteiger partial charge in [0.05, 0.1) is 0 Å². The molecule has 1 amide bonds. The summed E-state index contributed by atoms with van der Waals surface area (Å²) in [5.74, 6) is 0.326. The van der Waals surface area contributed by atoms with Gasteiger partial charge in [0, 0.05) is 5.69 Å². The molecule has 0 aliphatic heterocycles. The fraction of sp³-hybridized carbons (Fsp3) is 0.0909. The van der Waals surface area contributed by atoms with Gasteiger partial charge < -0.3 is 10.1 Å². The number of anilines is 1. The summed E-state index contributed by atoms with van der Waals surface area (Å²) in [4.78, 5) is 15.3. The van der Waals surface area contributed by atoms with Gasteiger partial charge in [-0.15, -0.1) is 0 Å². The highest BCUT2D eigenvalue weighted by Crippen LogP contribution is 2.15. The quantitative estimate of drug-likeness (QED) is 0.832. The Morgan fingerprint density at radius 1 is 1.44 bits per heavy atom. The van der Waals surface area contributed by atoms with Crippen LogP contribution in [-0.2, 0) is 0 Å². The number of benzene rings is 1. The van der Waals surface area contributed by atoms with E-state index in [2.05, 4.69) is 20.5 Å². The molecule has 90 valence electrons. The van der Waals surface area contributed by atoms with Crippen LogP contribution in [-0.4, -0.2) is 27.7 Å². The molecule has 1 aromatic heterocycles. The van der Waals surface area contributed by atoms with Crippen LogP contribution < -0.4 is 10.1 Å². The number of aromatic amines is 1. The van der Waals surface area contributed by atoms with Crippen molar-refractivity contribution in [3.63, 3.8) is 0 Å². The number of amides is 1. The number of rotatable bonds is 4. The van der Waals surface area contributed by atoms with Gasteiger partial charge in [-0.25, -0.2) is 4.98 Å². The van der Waals surface area contributed by atoms with Crippen LogP contribution in [0, 0.1) is 11.3 Å². The third-order valence-electron chi connectivity index (χ3n) is 2.05. The number of nitriles is 1. The Balaban J connectivity index is 1.98. The lowest BCUT2D eigenvalue weighted by atomic mass is 10.3. The largest absolute Gasteiger partial charge is 0.479 e. The van der Waals surface area contributed by atoms with Gasteiger partial charge in [-0.2, -0.15) is 10.4 Å². The van der Waals surface area contributed by atoms with Crippen LogP contribution in [0.2, 0.25) is 0 Å². The van der Waals surface area contributed by atoms with Crippen LogP contribution in [0.5, 0.6) is 5.75 Å². The lowest BCUT2D eigenvalue weighted by Gasteiger charge is -2.04. The Hall–Kier alpha value is -2.88. The summed E-state index contributed by atoms with van der Waals surface area (Å²) >= 11 is 0. The summed E-state index contributed by atoms with van der Waals surface area (Å²) in [6.45, 7) is -0.0101. The molecule has 0 aliphatic rings. The van der Waals surface area contributed by atoms with Crippen molar-refractivity contribution in [1.82, 2.24) is 15.2 Å². The molecule has 0 saturated heterocycles. The summed E-state index contributed by atoms with van der Waals surface area (Å²) in [6, 6.07) is 8.53. The van der Waals surface area contributed by atoms with Crippen LogP contribution in [0.25, 0.3) is 0 Å². The summed E-state index contributed by atoms with van der Waals surface area (Å²) in [6.07, 6.45) is 1.26. The molecule has 0 unspecified atom stereocenters. The zero-order valence-corrected chi connectivity index (χ0v) is 9.25. The number of ether oxygens (including phenoxy) is 1. The van der Waals surface area contributed by atoms with Crippen LogP contribution in [0.3, 0.4) is 0 Å². The van der Waals surface area contributed by atoms with Crippen molar-refractivity contribution in [1.29, 1.82) is 5.26 Å². The lowest BCUT2D eigenvalue weighted by Crippen LogP contribution is -2.13. The highest BCUT2D eigenvalue weighted by Gasteiger charge is 2.08. The van der Waals surface area contributed by atoms with Gasteiger partial charge in [0.2, 0.25) is 5.82 Å². The SMILES string of the molecule is N#CCOc1ccc(NC(=O)c2ncn[nH]2)cc1. The molecule has 2 rings (SSSR count). The standard InChI is InChI=1S/C11H9N5O2/c12-5-6-18-9-3-1-8(2-4-9)15-11(17)10-13-7-14-16-10/h1-4,7H,6H2,(H,15,17)(H,13,14,16). The van der Waals surface area contributed by atoms with Gasteiger partial charge >= 0.3 is 0 Å². The van der Waals surface area contributed by atoms with Crippen LogP contribution >= 0.6 is 0 Å². The smallest absolute Gasteiger partial charge is 0.292 e. The molecule has 0 atom stereocenters. The van der Waals surface area contributed by atoms with Gasteiger partial charge in [-0.05, 0) is 24.3 Å². The third-order valence-corrected chi connectivity index (χ3v) is 2.05. The molecule has 7 nitrogen and oxygen atoms in total. The molecule has 2 aromatic rings. The number of nitrogens with zero attached hydrogens (tertiary/aromatic N) is 3. The van der Waals surface area contributed by atoms with Gasteiger partial charge in [0.25, 0.3) is 5.91 Å². The van der Waals surface area contributed by atoms with Crippen molar-refractivity contribution >= 4 is 11.6 Å². The number of carbonyl (C=O) groups excluding carboxylic acids is 1. The number of H-pyrrole nitrogens is 1. The first-order valence-corrected chi connectivity index (χ1v) is 5.06. The van der Waals surface area contributed by atoms with Crippen molar-refractivity contribution in [2.75, 3.05) is 11.9 Å². The van der Waals surface area contributed by atoms with Gasteiger partial charge in [-0.3, -0.25) is 9.89 Å². The van der Waals surface area contributed by atoms with E-state index in [1.807, 2.05) is 6.07 Å². The van der Waals surface area contributed by atoms with E-state index in [1.165, 1.54) is 6.33 Å². The van der Waals surface area contributed by atoms with Crippen molar-refractivity contribution in [2.24, 2.45) is 0 Å². The van der Waals surface area contributed by atoms with E-state index in [-0.39, 0.29) is 18.3 Å². The van der Waals surface area contributed by atoms with E-state index in [0.717, 1.165) is 0 Å². The normalized spacial score (nSPS) is 9.50. The summed E-state index contributed by atoms with van der Waals surface area (Å²) < 4.78 is 5.09. The first-order valence-electron chi connectivity index (χ1n) is 5.06. The summed E-state index contributed by atoms with van der Waals surface area (Å²) in [5, 5.41) is 17.0. The molecular weight excluding hydrogens is 234 g/mol. The minimum Gasteiger partial charge on any atom is -0.479 e. The molecule has 18 heavy (non-hydrogen) atoms. The van der Waals surface area contributed by atoms with Crippen molar-refractivity contribution in [2.45, 2.75) is 0 Å². The molecule has 0 saturated carbocycles. The number of aromatic nitrogens is 3. The van der Waals surface area contributed by atoms with E-state index < -0.39 is 0 Å². The van der Waals surface area contributed by atoms with E-state index >= 15 is 0 Å². The maximum absolute atomic E-state index is 11.6. The Morgan fingerprint density at radius 2 is 2.22 bits per heavy atom. The van der Waals surface area contributed by atoms with Crippen LogP contribution in [0.15, 0.2) is 30.6 Å². The minimum atomic E-state index is -0.377. The molecule has 1 heterocycles. The Morgan fingerprint density at radius 3 is 2.83 bits per heavy atom. The van der Waals surface area contributed by atoms with Crippen LogP contribution in [0.1, 0.15) is 10.6 Å². The Kier molecular flexibility index (Phi) is 3.51. The summed E-state index contributed by atoms with van der Waals surface area (Å²) in [5.41, 5.74) is 0.598. The molecule has 0 aliphatic carbocycles. The molecule has 2 N–H and O–H groups in total. The molecule has 0 spiro atoms. The van der Waals surface area contributed by atoms with Crippen molar-refractivity contribution < 1.29 is 9.53 Å². The topological polar surface area (TPSA) is 104 Å². The highest BCUT2D eigenvalue weighted by atomic mass is 16.5. The van der Waals surface area contributed by atoms with E-state index in [4.69, 9.17) is 10.00 Å². The molecule has 1 aromatic carbocycles. The highest BCUT2D eigenvalue weighted by molar-refractivity contribution is 6.01. The Labute approximate surface area is 102 Å². The monoisotopic (exact) mass is 243 g/mol. The third kappa shape index (κ3) is 2.82. The van der Waals surface area contributed by atoms with Gasteiger partial charge in [0.15, 0.2) is 6.61 Å². The van der Waals surface area contributed by atoms with Gasteiger partial charge in [0.1, 0.15) is 18.1 Å². The van der Waals surface area contributed by atoms with Gasteiger partial charge in [-0.1, -0.05) is 0 Å². The molecule has 0 fully saturated rings. The average molecular weight is 243 g/mol. The zero-order chi connectivity index (χ0) is 12.8. The zero-order valence-electron chi connectivity index (χ0n) is 9.25. The lowest BCUT2D eigenvalue weighted by molar-refractivity contribution is 0.101. The number of carbonyl (C=O) groups is 1. The van der Waals surface area contributed by atoms with E-state index in [1.54, 1.807) is 24.3 Å². The second kappa shape index (κ2) is 5.45. The van der Waals surface area contributed by atoms with Crippen LogP contribution in [0.4, 0.5) is 5.69 Å². The minimum absolute atomic E-state index is 0.0101. The number of nitrogens with one attached hydrogen (secondary N) is 2. The molecule has 0 radical (unpaired) electrons. The molecule has 7 heteroatoms. The first-order chi connectivity index (χ1) is 8.79. The van der Waals surface area contributed by atoms with E-state index in [0.29, 0.717) is 11.4 Å². The second-order valence-electron chi connectivity index (χ2n) is 3.26.